The number of anilines is 1. The monoisotopic (exact) mass is 381 g/mol. The zero-order valence-corrected chi connectivity index (χ0v) is 17.4. The van der Waals surface area contributed by atoms with Gasteiger partial charge in [0.15, 0.2) is 0 Å². The number of benzene rings is 2. The van der Waals surface area contributed by atoms with Gasteiger partial charge in [0, 0.05) is 11.2 Å². The van der Waals surface area contributed by atoms with Crippen LogP contribution in [-0.2, 0) is 11.2 Å². The first kappa shape index (κ1) is 21.5. The molecule has 0 fully saturated rings. The van der Waals surface area contributed by atoms with E-state index < -0.39 is 6.04 Å². The fraction of sp³-hybridized carbons (Fsp3) is 0.391. The molecule has 1 unspecified atom stereocenters. The Balaban J connectivity index is 2.12. The number of amides is 3. The summed E-state index contributed by atoms with van der Waals surface area (Å²) in [6, 6.07) is 16.9. The summed E-state index contributed by atoms with van der Waals surface area (Å²) in [6.07, 6.45) is 0.724. The molecule has 2 aromatic carbocycles. The summed E-state index contributed by atoms with van der Waals surface area (Å²) in [7, 11) is 0. The molecule has 0 spiro atoms. The summed E-state index contributed by atoms with van der Waals surface area (Å²) in [4.78, 5) is 25.1. The third-order valence-electron chi connectivity index (χ3n) is 4.24. The van der Waals surface area contributed by atoms with Gasteiger partial charge in [-0.05, 0) is 50.3 Å². The lowest BCUT2D eigenvalue weighted by molar-refractivity contribution is -0.118. The minimum Gasteiger partial charge on any atom is -0.334 e. The molecule has 0 saturated heterocycles. The first-order valence-electron chi connectivity index (χ1n) is 9.67. The van der Waals surface area contributed by atoms with Crippen LogP contribution in [0.25, 0.3) is 0 Å². The second kappa shape index (κ2) is 9.40. The lowest BCUT2D eigenvalue weighted by atomic mass is 10.0. The van der Waals surface area contributed by atoms with E-state index in [-0.39, 0.29) is 23.4 Å². The van der Waals surface area contributed by atoms with Crippen molar-refractivity contribution in [2.75, 3.05) is 5.32 Å². The lowest BCUT2D eigenvalue weighted by Gasteiger charge is -2.26. The summed E-state index contributed by atoms with van der Waals surface area (Å²) in [6.45, 7) is 9.53. The van der Waals surface area contributed by atoms with Gasteiger partial charge in [0.2, 0.25) is 5.91 Å². The molecule has 150 valence electrons. The van der Waals surface area contributed by atoms with Gasteiger partial charge in [-0.15, -0.1) is 0 Å². The van der Waals surface area contributed by atoms with Crippen molar-refractivity contribution in [3.05, 3.63) is 65.7 Å². The Morgan fingerprint density at radius 3 is 2.14 bits per heavy atom. The summed E-state index contributed by atoms with van der Waals surface area (Å²) < 4.78 is 0. The Kier molecular flexibility index (Phi) is 7.21. The molecule has 3 amide bonds. The number of carbonyl (C=O) groups is 2. The van der Waals surface area contributed by atoms with E-state index in [0.29, 0.717) is 0 Å². The van der Waals surface area contributed by atoms with E-state index in [0.717, 1.165) is 17.7 Å². The second-order valence-electron chi connectivity index (χ2n) is 8.38. The summed E-state index contributed by atoms with van der Waals surface area (Å²) in [5.74, 6) is -0.272. The normalized spacial score (nSPS) is 12.4. The molecule has 2 aromatic rings. The Hall–Kier alpha value is -2.82. The average molecular weight is 382 g/mol. The minimum absolute atomic E-state index is 0.0491. The first-order chi connectivity index (χ1) is 13.2. The topological polar surface area (TPSA) is 70.2 Å². The van der Waals surface area contributed by atoms with E-state index in [1.165, 1.54) is 5.56 Å². The van der Waals surface area contributed by atoms with Crippen LogP contribution < -0.4 is 16.0 Å². The van der Waals surface area contributed by atoms with Gasteiger partial charge in [0.05, 0.1) is 0 Å². The predicted octanol–water partition coefficient (Wildman–Crippen LogP) is 4.34. The number of rotatable bonds is 6. The number of hydrogen-bond acceptors (Lipinski definition) is 2. The highest BCUT2D eigenvalue weighted by Gasteiger charge is 2.26. The molecule has 0 heterocycles. The number of hydrogen-bond donors (Lipinski definition) is 3. The van der Waals surface area contributed by atoms with E-state index in [1.807, 2.05) is 77.1 Å². The Bertz CT molecular complexity index is 795. The molecule has 3 N–H and O–H groups in total. The van der Waals surface area contributed by atoms with Crippen molar-refractivity contribution in [1.29, 1.82) is 0 Å². The van der Waals surface area contributed by atoms with Crippen molar-refractivity contribution in [2.45, 2.75) is 52.6 Å². The summed E-state index contributed by atoms with van der Waals surface area (Å²) in [5, 5.41) is 8.64. The SMILES string of the molecule is CC(C)C(NC(=O)NC(C)(C)C)C(=O)Nc1ccccc1Cc1ccccc1. The second-order valence-corrected chi connectivity index (χ2v) is 8.38. The largest absolute Gasteiger partial charge is 0.334 e. The van der Waals surface area contributed by atoms with Crippen molar-refractivity contribution < 1.29 is 9.59 Å². The molecule has 5 nitrogen and oxygen atoms in total. The average Bonchev–Trinajstić information content (AvgIpc) is 2.60. The fourth-order valence-corrected chi connectivity index (χ4v) is 2.88. The molecule has 5 heteroatoms. The molecule has 0 aliphatic carbocycles. The highest BCUT2D eigenvalue weighted by molar-refractivity contribution is 5.97. The van der Waals surface area contributed by atoms with Crippen LogP contribution in [0.15, 0.2) is 54.6 Å². The minimum atomic E-state index is -0.632. The molecular formula is C23H31N3O2. The highest BCUT2D eigenvalue weighted by Crippen LogP contribution is 2.20. The number of urea groups is 1. The van der Waals surface area contributed by atoms with Crippen LogP contribution in [0.1, 0.15) is 45.7 Å². The Labute approximate surface area is 167 Å². The van der Waals surface area contributed by atoms with Crippen LogP contribution in [0.2, 0.25) is 0 Å². The fourth-order valence-electron chi connectivity index (χ4n) is 2.88. The zero-order valence-electron chi connectivity index (χ0n) is 17.4. The van der Waals surface area contributed by atoms with Crippen LogP contribution in [0.4, 0.5) is 10.5 Å². The molecule has 2 rings (SSSR count). The number of para-hydroxylation sites is 1. The highest BCUT2D eigenvalue weighted by atomic mass is 16.2. The predicted molar refractivity (Wildman–Crippen MR) is 114 cm³/mol. The van der Waals surface area contributed by atoms with E-state index in [9.17, 15) is 9.59 Å². The van der Waals surface area contributed by atoms with Crippen molar-refractivity contribution >= 4 is 17.6 Å². The van der Waals surface area contributed by atoms with Gasteiger partial charge >= 0.3 is 6.03 Å². The standard InChI is InChI=1S/C23H31N3O2/c1-16(2)20(25-22(28)26-23(3,4)5)21(27)24-19-14-10-9-13-18(19)15-17-11-7-6-8-12-17/h6-14,16,20H,15H2,1-5H3,(H,24,27)(H2,25,26,28). The zero-order chi connectivity index (χ0) is 20.7. The van der Waals surface area contributed by atoms with Crippen LogP contribution >= 0.6 is 0 Å². The van der Waals surface area contributed by atoms with Crippen LogP contribution in [0.5, 0.6) is 0 Å². The third kappa shape index (κ3) is 6.72. The molecule has 28 heavy (non-hydrogen) atoms. The van der Waals surface area contributed by atoms with Gasteiger partial charge < -0.3 is 16.0 Å². The maximum atomic E-state index is 12.9. The number of carbonyl (C=O) groups excluding carboxylic acids is 2. The van der Waals surface area contributed by atoms with Gasteiger partial charge in [-0.1, -0.05) is 62.4 Å². The van der Waals surface area contributed by atoms with Crippen molar-refractivity contribution in [1.82, 2.24) is 10.6 Å². The van der Waals surface area contributed by atoms with Crippen molar-refractivity contribution in [3.63, 3.8) is 0 Å². The van der Waals surface area contributed by atoms with Crippen LogP contribution in [-0.4, -0.2) is 23.5 Å². The maximum absolute atomic E-state index is 12.9. The van der Waals surface area contributed by atoms with Crippen LogP contribution in [0, 0.1) is 5.92 Å². The Morgan fingerprint density at radius 2 is 1.54 bits per heavy atom. The quantitative estimate of drug-likeness (QED) is 0.697. The Morgan fingerprint density at radius 1 is 0.929 bits per heavy atom. The van der Waals surface area contributed by atoms with Gasteiger partial charge in [0.25, 0.3) is 0 Å². The van der Waals surface area contributed by atoms with Gasteiger partial charge in [-0.2, -0.15) is 0 Å². The third-order valence-corrected chi connectivity index (χ3v) is 4.24. The smallest absolute Gasteiger partial charge is 0.315 e. The van der Waals surface area contributed by atoms with Crippen molar-refractivity contribution in [2.24, 2.45) is 5.92 Å². The molecule has 1 atom stereocenters. The summed E-state index contributed by atoms with van der Waals surface area (Å²) >= 11 is 0. The van der Waals surface area contributed by atoms with E-state index in [4.69, 9.17) is 0 Å². The van der Waals surface area contributed by atoms with Crippen molar-refractivity contribution in [3.8, 4) is 0 Å². The molecular weight excluding hydrogens is 350 g/mol. The molecule has 0 bridgehead atoms. The molecule has 0 aliphatic heterocycles. The van der Waals surface area contributed by atoms with Gasteiger partial charge in [0.1, 0.15) is 6.04 Å². The van der Waals surface area contributed by atoms with Gasteiger partial charge in [-0.3, -0.25) is 4.79 Å². The van der Waals surface area contributed by atoms with Gasteiger partial charge in [-0.25, -0.2) is 4.79 Å². The first-order valence-corrected chi connectivity index (χ1v) is 9.67. The van der Waals surface area contributed by atoms with E-state index in [1.54, 1.807) is 0 Å². The molecule has 0 radical (unpaired) electrons. The molecule has 0 saturated carbocycles. The summed E-state index contributed by atoms with van der Waals surface area (Å²) in [5.41, 5.74) is 2.60. The van der Waals surface area contributed by atoms with Crippen LogP contribution in [0.3, 0.4) is 0 Å². The number of nitrogens with one attached hydrogen (secondary N) is 3. The van der Waals surface area contributed by atoms with E-state index >= 15 is 0 Å². The maximum Gasteiger partial charge on any atom is 0.315 e. The lowest BCUT2D eigenvalue weighted by Crippen LogP contribution is -2.54. The van der Waals surface area contributed by atoms with E-state index in [2.05, 4.69) is 28.1 Å². The molecule has 0 aromatic heterocycles. The molecule has 0 aliphatic rings.